The molecule has 0 bridgehead atoms. The van der Waals surface area contributed by atoms with Gasteiger partial charge in [0.2, 0.25) is 0 Å². The van der Waals surface area contributed by atoms with Gasteiger partial charge in [-0.2, -0.15) is 5.10 Å². The largest absolute Gasteiger partial charge is 0.481 e. The summed E-state index contributed by atoms with van der Waals surface area (Å²) < 4.78 is 20.4. The molecule has 0 aliphatic heterocycles. The highest BCUT2D eigenvalue weighted by Gasteiger charge is 2.14. The fraction of sp³-hybridized carbons (Fsp3) is 0.111. The normalized spacial score (nSPS) is 10.5. The maximum atomic E-state index is 13.8. The monoisotopic (exact) mass is 404 g/mol. The van der Waals surface area contributed by atoms with E-state index in [0.29, 0.717) is 17.4 Å². The number of rotatable bonds is 7. The molecule has 1 amide bonds. The number of carbonyl (C=O) groups excluding carboxylic acids is 1. The van der Waals surface area contributed by atoms with E-state index in [1.54, 1.807) is 16.8 Å². The summed E-state index contributed by atoms with van der Waals surface area (Å²) in [5.74, 6) is -1.31. The van der Waals surface area contributed by atoms with E-state index in [4.69, 9.17) is 16.3 Å². The van der Waals surface area contributed by atoms with E-state index in [9.17, 15) is 19.3 Å². The molecule has 0 aliphatic rings. The molecule has 0 aliphatic carbocycles. The third-order valence-electron chi connectivity index (χ3n) is 3.75. The van der Waals surface area contributed by atoms with Gasteiger partial charge in [0.25, 0.3) is 11.6 Å². The Morgan fingerprint density at radius 3 is 2.79 bits per heavy atom. The van der Waals surface area contributed by atoms with Crippen molar-refractivity contribution in [1.82, 2.24) is 9.78 Å². The molecule has 0 spiro atoms. The molecule has 0 radical (unpaired) electrons. The minimum atomic E-state index is -0.925. The van der Waals surface area contributed by atoms with Gasteiger partial charge in [0, 0.05) is 17.2 Å². The molecule has 0 fully saturated rings. The molecule has 144 valence electrons. The number of benzene rings is 2. The lowest BCUT2D eigenvalue weighted by atomic mass is 10.2. The zero-order valence-electron chi connectivity index (χ0n) is 14.3. The van der Waals surface area contributed by atoms with Gasteiger partial charge in [0.15, 0.2) is 18.2 Å². The number of nitro benzene ring substituents is 1. The number of carbonyl (C=O) groups is 1. The van der Waals surface area contributed by atoms with Crippen LogP contribution in [0.3, 0.4) is 0 Å². The molecule has 1 heterocycles. The fourth-order valence-electron chi connectivity index (χ4n) is 2.40. The third-order valence-corrected chi connectivity index (χ3v) is 4.12. The molecule has 1 N–H and O–H groups in total. The van der Waals surface area contributed by atoms with Gasteiger partial charge in [-0.05, 0) is 17.7 Å². The third kappa shape index (κ3) is 4.63. The average molecular weight is 405 g/mol. The van der Waals surface area contributed by atoms with E-state index in [-0.39, 0.29) is 5.75 Å². The summed E-state index contributed by atoms with van der Waals surface area (Å²) in [5, 5.41) is 17.9. The number of amides is 1. The number of halogens is 2. The lowest BCUT2D eigenvalue weighted by molar-refractivity contribution is -0.385. The first kappa shape index (κ1) is 19.3. The molecule has 1 aromatic heterocycles. The number of anilines is 1. The highest BCUT2D eigenvalue weighted by atomic mass is 35.5. The molecular formula is C18H14ClFN4O4. The Kier molecular flexibility index (Phi) is 5.85. The van der Waals surface area contributed by atoms with Gasteiger partial charge < -0.3 is 10.1 Å². The van der Waals surface area contributed by atoms with Crippen molar-refractivity contribution < 1.29 is 18.8 Å². The fourth-order valence-corrected chi connectivity index (χ4v) is 2.59. The van der Waals surface area contributed by atoms with Crippen molar-refractivity contribution in [3.05, 3.63) is 81.2 Å². The molecular weight excluding hydrogens is 391 g/mol. The summed E-state index contributed by atoms with van der Waals surface area (Å²) in [6, 6.07) is 11.8. The number of nitrogens with zero attached hydrogens (tertiary/aromatic N) is 3. The van der Waals surface area contributed by atoms with E-state index in [0.717, 1.165) is 23.8 Å². The molecule has 3 aromatic rings. The van der Waals surface area contributed by atoms with Crippen molar-refractivity contribution >= 4 is 29.0 Å². The van der Waals surface area contributed by atoms with E-state index < -0.39 is 28.9 Å². The van der Waals surface area contributed by atoms with Crippen LogP contribution in [-0.4, -0.2) is 27.2 Å². The summed E-state index contributed by atoms with van der Waals surface area (Å²) in [6.07, 6.45) is 1.52. The molecule has 0 saturated heterocycles. The first-order chi connectivity index (χ1) is 13.4. The predicted molar refractivity (Wildman–Crippen MR) is 100.0 cm³/mol. The second kappa shape index (κ2) is 8.49. The second-order valence-electron chi connectivity index (χ2n) is 5.67. The molecule has 2 aromatic carbocycles. The summed E-state index contributed by atoms with van der Waals surface area (Å²) >= 11 is 6.14. The van der Waals surface area contributed by atoms with Crippen molar-refractivity contribution in [1.29, 1.82) is 0 Å². The Hall–Kier alpha value is -3.46. The van der Waals surface area contributed by atoms with E-state index in [1.165, 1.54) is 6.20 Å². The van der Waals surface area contributed by atoms with Gasteiger partial charge >= 0.3 is 0 Å². The molecule has 0 unspecified atom stereocenters. The Balaban J connectivity index is 1.61. The minimum Gasteiger partial charge on any atom is -0.481 e. The van der Waals surface area contributed by atoms with Crippen LogP contribution in [0.15, 0.2) is 54.7 Å². The molecule has 0 saturated carbocycles. The molecule has 28 heavy (non-hydrogen) atoms. The number of ether oxygens (including phenoxy) is 1. The number of hydrogen-bond acceptors (Lipinski definition) is 5. The molecule has 8 nitrogen and oxygen atoms in total. The molecule has 3 rings (SSSR count). The van der Waals surface area contributed by atoms with Gasteiger partial charge in [-0.1, -0.05) is 29.8 Å². The van der Waals surface area contributed by atoms with Crippen LogP contribution in [0.4, 0.5) is 15.9 Å². The minimum absolute atomic E-state index is 0.259. The van der Waals surface area contributed by atoms with Crippen molar-refractivity contribution in [2.24, 2.45) is 0 Å². The average Bonchev–Trinajstić information content (AvgIpc) is 3.09. The summed E-state index contributed by atoms with van der Waals surface area (Å²) in [5.41, 5.74) is 0.422. The van der Waals surface area contributed by atoms with Crippen molar-refractivity contribution in [2.45, 2.75) is 6.54 Å². The highest BCUT2D eigenvalue weighted by Crippen LogP contribution is 2.22. The smallest absolute Gasteiger partial charge is 0.272 e. The first-order valence-electron chi connectivity index (χ1n) is 8.06. The Labute approximate surface area is 163 Å². The van der Waals surface area contributed by atoms with Crippen LogP contribution in [0.2, 0.25) is 5.02 Å². The van der Waals surface area contributed by atoms with Gasteiger partial charge in [-0.15, -0.1) is 0 Å². The number of aromatic nitrogens is 2. The predicted octanol–water partition coefficient (Wildman–Crippen LogP) is 3.65. The number of nitro groups is 1. The van der Waals surface area contributed by atoms with Crippen LogP contribution in [0.1, 0.15) is 5.56 Å². The van der Waals surface area contributed by atoms with Gasteiger partial charge in [0.1, 0.15) is 5.82 Å². The zero-order valence-corrected chi connectivity index (χ0v) is 15.1. The van der Waals surface area contributed by atoms with E-state index in [1.807, 2.05) is 18.2 Å². The van der Waals surface area contributed by atoms with Crippen LogP contribution in [0, 0.1) is 15.9 Å². The lowest BCUT2D eigenvalue weighted by Gasteiger charge is -2.11. The highest BCUT2D eigenvalue weighted by molar-refractivity contribution is 6.31. The number of nitrogens with one attached hydrogen (secondary N) is 1. The summed E-state index contributed by atoms with van der Waals surface area (Å²) in [7, 11) is 0. The summed E-state index contributed by atoms with van der Waals surface area (Å²) in [6.45, 7) is -0.133. The maximum absolute atomic E-state index is 13.8. The van der Waals surface area contributed by atoms with Gasteiger partial charge in [-0.25, -0.2) is 9.07 Å². The SMILES string of the molecule is O=C(COc1ccc([N+](=O)[O-])cc1F)Nc1ccnn1Cc1ccccc1Cl. The summed E-state index contributed by atoms with van der Waals surface area (Å²) in [4.78, 5) is 22.0. The first-order valence-corrected chi connectivity index (χ1v) is 8.43. The Morgan fingerprint density at radius 2 is 2.07 bits per heavy atom. The lowest BCUT2D eigenvalue weighted by Crippen LogP contribution is -2.22. The standard InChI is InChI=1S/C18H14ClFN4O4/c19-14-4-2-1-3-12(14)10-23-17(7-8-21-23)22-18(25)11-28-16-6-5-13(24(26)27)9-15(16)20/h1-9H,10-11H2,(H,22,25). The van der Waals surface area contributed by atoms with Gasteiger partial charge in [-0.3, -0.25) is 14.9 Å². The van der Waals surface area contributed by atoms with Crippen LogP contribution in [0.5, 0.6) is 5.75 Å². The topological polar surface area (TPSA) is 99.3 Å². The van der Waals surface area contributed by atoms with E-state index >= 15 is 0 Å². The quantitative estimate of drug-likeness (QED) is 0.478. The van der Waals surface area contributed by atoms with E-state index in [2.05, 4.69) is 10.4 Å². The van der Waals surface area contributed by atoms with Gasteiger partial charge in [0.05, 0.1) is 23.7 Å². The van der Waals surface area contributed by atoms with Crippen LogP contribution < -0.4 is 10.1 Å². The van der Waals surface area contributed by atoms with Crippen molar-refractivity contribution in [2.75, 3.05) is 11.9 Å². The number of hydrogen-bond donors (Lipinski definition) is 1. The second-order valence-corrected chi connectivity index (χ2v) is 6.08. The Bertz CT molecular complexity index is 1020. The van der Waals surface area contributed by atoms with Crippen LogP contribution in [-0.2, 0) is 11.3 Å². The maximum Gasteiger partial charge on any atom is 0.272 e. The Morgan fingerprint density at radius 1 is 1.29 bits per heavy atom. The number of non-ortho nitro benzene ring substituents is 1. The van der Waals surface area contributed by atoms with Crippen LogP contribution in [0.25, 0.3) is 0 Å². The van der Waals surface area contributed by atoms with Crippen molar-refractivity contribution in [3.8, 4) is 5.75 Å². The zero-order chi connectivity index (χ0) is 20.1. The van der Waals surface area contributed by atoms with Crippen LogP contribution >= 0.6 is 11.6 Å². The van der Waals surface area contributed by atoms with Crippen molar-refractivity contribution in [3.63, 3.8) is 0 Å². The molecule has 0 atom stereocenters. The molecule has 10 heteroatoms.